The zero-order valence-corrected chi connectivity index (χ0v) is 22.9. The van der Waals surface area contributed by atoms with E-state index < -0.39 is 0 Å². The molecule has 5 rings (SSSR count). The third kappa shape index (κ3) is 6.51. The van der Waals surface area contributed by atoms with E-state index in [-0.39, 0.29) is 29.8 Å². The van der Waals surface area contributed by atoms with E-state index in [9.17, 15) is 14.4 Å². The molecule has 40 heavy (non-hydrogen) atoms. The number of piperazine rings is 1. The molecule has 1 heterocycles. The molecule has 0 bridgehead atoms. The van der Waals surface area contributed by atoms with Crippen molar-refractivity contribution in [1.82, 2.24) is 10.2 Å². The Bertz CT molecular complexity index is 1360. The molecule has 1 saturated carbocycles. The summed E-state index contributed by atoms with van der Waals surface area (Å²) in [6.45, 7) is 4.29. The minimum absolute atomic E-state index is 0.0175. The highest BCUT2D eigenvalue weighted by molar-refractivity contribution is 6.07. The topological polar surface area (TPSA) is 108 Å². The average molecular weight is 540 g/mol. The molecular weight excluding hydrogens is 502 g/mol. The summed E-state index contributed by atoms with van der Waals surface area (Å²) in [5.74, 6) is -0.373. The van der Waals surface area contributed by atoms with Crippen LogP contribution in [0.4, 0.5) is 11.4 Å². The third-order valence-corrected chi connectivity index (χ3v) is 7.82. The van der Waals surface area contributed by atoms with Gasteiger partial charge in [0, 0.05) is 55.0 Å². The first-order valence-corrected chi connectivity index (χ1v) is 14.0. The molecule has 3 aromatic rings. The lowest BCUT2D eigenvalue weighted by atomic mass is 9.91. The Morgan fingerprint density at radius 1 is 0.750 bits per heavy atom. The van der Waals surface area contributed by atoms with Gasteiger partial charge in [0.05, 0.1) is 11.4 Å². The molecule has 8 heteroatoms. The van der Waals surface area contributed by atoms with Crippen molar-refractivity contribution < 1.29 is 14.4 Å². The number of aryl methyl sites for hydroxylation is 1. The van der Waals surface area contributed by atoms with Gasteiger partial charge >= 0.3 is 0 Å². The smallest absolute Gasteiger partial charge is 0.255 e. The Kier molecular flexibility index (Phi) is 8.45. The third-order valence-electron chi connectivity index (χ3n) is 7.82. The minimum Gasteiger partial charge on any atom is -0.366 e. The van der Waals surface area contributed by atoms with Crippen molar-refractivity contribution in [2.75, 3.05) is 36.4 Å². The Labute approximate surface area is 235 Å². The van der Waals surface area contributed by atoms with E-state index in [2.05, 4.69) is 15.5 Å². The molecule has 1 aliphatic heterocycles. The highest BCUT2D eigenvalue weighted by Crippen LogP contribution is 2.30. The van der Waals surface area contributed by atoms with Crippen LogP contribution in [-0.4, -0.2) is 60.9 Å². The van der Waals surface area contributed by atoms with Crippen LogP contribution in [0.2, 0.25) is 0 Å². The normalized spacial score (nSPS) is 19.1. The molecule has 0 radical (unpaired) electrons. The fourth-order valence-corrected chi connectivity index (χ4v) is 5.48. The van der Waals surface area contributed by atoms with Crippen molar-refractivity contribution in [2.45, 2.75) is 44.7 Å². The van der Waals surface area contributed by atoms with Crippen LogP contribution in [0, 0.1) is 6.92 Å². The van der Waals surface area contributed by atoms with Crippen LogP contribution in [0.25, 0.3) is 0 Å². The van der Waals surface area contributed by atoms with Gasteiger partial charge in [-0.1, -0.05) is 35.9 Å². The van der Waals surface area contributed by atoms with Crippen LogP contribution in [-0.2, 0) is 0 Å². The summed E-state index contributed by atoms with van der Waals surface area (Å²) in [5.41, 5.74) is 10.1. The molecule has 208 valence electrons. The first-order chi connectivity index (χ1) is 19.4. The summed E-state index contributed by atoms with van der Waals surface area (Å²) in [4.78, 5) is 43.4. The Morgan fingerprint density at radius 3 is 2.12 bits per heavy atom. The van der Waals surface area contributed by atoms with Crippen LogP contribution in [0.3, 0.4) is 0 Å². The van der Waals surface area contributed by atoms with Crippen LogP contribution < -0.4 is 21.3 Å². The maximum atomic E-state index is 13.2. The summed E-state index contributed by atoms with van der Waals surface area (Å²) in [5, 5.41) is 6.20. The maximum absolute atomic E-state index is 13.2. The highest BCUT2D eigenvalue weighted by Gasteiger charge is 2.26. The van der Waals surface area contributed by atoms with Crippen molar-refractivity contribution >= 4 is 29.1 Å². The summed E-state index contributed by atoms with van der Waals surface area (Å²) in [6, 6.07) is 22.5. The fourth-order valence-electron chi connectivity index (χ4n) is 5.48. The van der Waals surface area contributed by atoms with E-state index in [0.717, 1.165) is 36.9 Å². The molecule has 1 aliphatic carbocycles. The quantitative estimate of drug-likeness (QED) is 0.435. The van der Waals surface area contributed by atoms with Crippen molar-refractivity contribution in [1.29, 1.82) is 0 Å². The number of nitrogens with two attached hydrogens (primary N) is 1. The molecule has 3 aromatic carbocycles. The van der Waals surface area contributed by atoms with E-state index in [0.29, 0.717) is 48.6 Å². The van der Waals surface area contributed by atoms with Gasteiger partial charge in [0.25, 0.3) is 17.7 Å². The first kappa shape index (κ1) is 27.4. The Balaban J connectivity index is 1.34. The molecule has 3 amide bonds. The number of rotatable bonds is 6. The lowest BCUT2D eigenvalue weighted by molar-refractivity contribution is 0.0746. The van der Waals surface area contributed by atoms with E-state index in [1.807, 2.05) is 72.5 Å². The van der Waals surface area contributed by atoms with Gasteiger partial charge < -0.3 is 26.2 Å². The van der Waals surface area contributed by atoms with Crippen LogP contribution in [0.15, 0.2) is 72.8 Å². The minimum atomic E-state index is -0.235. The summed E-state index contributed by atoms with van der Waals surface area (Å²) < 4.78 is 0. The monoisotopic (exact) mass is 539 g/mol. The number of anilines is 2. The van der Waals surface area contributed by atoms with Crippen molar-refractivity contribution in [2.24, 2.45) is 5.73 Å². The maximum Gasteiger partial charge on any atom is 0.255 e. The SMILES string of the molecule is Cc1cccc(C(=O)Nc2cc(C(=O)NC3CCC(N)CC3)ccc2N2CCN(C(=O)c3ccccc3)CC2)c1. The lowest BCUT2D eigenvalue weighted by Gasteiger charge is -2.37. The number of carbonyl (C=O) groups is 3. The summed E-state index contributed by atoms with van der Waals surface area (Å²) in [6.07, 6.45) is 3.54. The zero-order chi connectivity index (χ0) is 28.1. The molecule has 2 fully saturated rings. The molecular formula is C32H37N5O3. The van der Waals surface area contributed by atoms with Gasteiger partial charge in [-0.3, -0.25) is 14.4 Å². The molecule has 0 spiro atoms. The van der Waals surface area contributed by atoms with Gasteiger partial charge in [0.1, 0.15) is 0 Å². The van der Waals surface area contributed by atoms with Gasteiger partial charge in [-0.25, -0.2) is 0 Å². The number of benzene rings is 3. The Morgan fingerprint density at radius 2 is 1.43 bits per heavy atom. The van der Waals surface area contributed by atoms with E-state index in [1.165, 1.54) is 0 Å². The van der Waals surface area contributed by atoms with Crippen LogP contribution >= 0.6 is 0 Å². The predicted molar refractivity (Wildman–Crippen MR) is 158 cm³/mol. The first-order valence-electron chi connectivity index (χ1n) is 14.0. The molecule has 0 unspecified atom stereocenters. The van der Waals surface area contributed by atoms with Crippen molar-refractivity contribution in [3.8, 4) is 0 Å². The van der Waals surface area contributed by atoms with Gasteiger partial charge in [-0.2, -0.15) is 0 Å². The van der Waals surface area contributed by atoms with Crippen molar-refractivity contribution in [3.63, 3.8) is 0 Å². The largest absolute Gasteiger partial charge is 0.366 e. The van der Waals surface area contributed by atoms with Crippen LogP contribution in [0.5, 0.6) is 0 Å². The molecule has 4 N–H and O–H groups in total. The standard InChI is InChI=1S/C32H37N5O3/c1-22-6-5-9-24(20-22)31(39)35-28-21-25(30(38)34-27-13-11-26(33)12-14-27)10-15-29(28)36-16-18-37(19-17-36)32(40)23-7-3-2-4-8-23/h2-10,15,20-21,26-27H,11-14,16-19,33H2,1H3,(H,34,38)(H,35,39). The highest BCUT2D eigenvalue weighted by atomic mass is 16.2. The molecule has 2 aliphatic rings. The lowest BCUT2D eigenvalue weighted by Crippen LogP contribution is -2.49. The second kappa shape index (κ2) is 12.3. The van der Waals surface area contributed by atoms with Gasteiger partial charge in [0.15, 0.2) is 0 Å². The van der Waals surface area contributed by atoms with Gasteiger partial charge in [-0.05, 0) is 75.1 Å². The summed E-state index contributed by atoms with van der Waals surface area (Å²) >= 11 is 0. The number of nitrogens with zero attached hydrogens (tertiary/aromatic N) is 2. The van der Waals surface area contributed by atoms with Crippen LogP contribution in [0.1, 0.15) is 62.3 Å². The number of hydrogen-bond acceptors (Lipinski definition) is 5. The van der Waals surface area contributed by atoms with Gasteiger partial charge in [-0.15, -0.1) is 0 Å². The second-order valence-electron chi connectivity index (χ2n) is 10.8. The predicted octanol–water partition coefficient (Wildman–Crippen LogP) is 4.21. The molecule has 1 saturated heterocycles. The molecule has 0 aromatic heterocycles. The summed E-state index contributed by atoms with van der Waals surface area (Å²) in [7, 11) is 0. The zero-order valence-electron chi connectivity index (χ0n) is 22.9. The second-order valence-corrected chi connectivity index (χ2v) is 10.8. The van der Waals surface area contributed by atoms with Gasteiger partial charge in [0.2, 0.25) is 0 Å². The van der Waals surface area contributed by atoms with E-state index in [1.54, 1.807) is 12.1 Å². The molecule has 0 atom stereocenters. The number of hydrogen-bond donors (Lipinski definition) is 3. The number of carbonyl (C=O) groups excluding carboxylic acids is 3. The fraction of sp³-hybridized carbons (Fsp3) is 0.344. The average Bonchev–Trinajstić information content (AvgIpc) is 2.98. The van der Waals surface area contributed by atoms with Crippen molar-refractivity contribution in [3.05, 3.63) is 95.1 Å². The molecule has 8 nitrogen and oxygen atoms in total. The number of amides is 3. The number of nitrogens with one attached hydrogen (secondary N) is 2. The van der Waals surface area contributed by atoms with E-state index in [4.69, 9.17) is 5.73 Å². The van der Waals surface area contributed by atoms with E-state index >= 15 is 0 Å². The Hall–Kier alpha value is -4.17.